The summed E-state index contributed by atoms with van der Waals surface area (Å²) in [6, 6.07) is 7.71. The van der Waals surface area contributed by atoms with Gasteiger partial charge in [0.25, 0.3) is 0 Å². The number of esters is 1. The van der Waals surface area contributed by atoms with Crippen molar-refractivity contribution in [3.63, 3.8) is 0 Å². The summed E-state index contributed by atoms with van der Waals surface area (Å²) >= 11 is 6.27. The number of benzene rings is 1. The van der Waals surface area contributed by atoms with Crippen LogP contribution in [0.25, 0.3) is 11.4 Å². The van der Waals surface area contributed by atoms with Crippen molar-refractivity contribution in [2.24, 2.45) is 56.5 Å². The van der Waals surface area contributed by atoms with Crippen LogP contribution in [-0.2, 0) is 31.1 Å². The summed E-state index contributed by atoms with van der Waals surface area (Å²) in [5.41, 5.74) is 7.69. The van der Waals surface area contributed by atoms with Crippen molar-refractivity contribution < 1.29 is 24.2 Å². The van der Waals surface area contributed by atoms with Gasteiger partial charge in [-0.25, -0.2) is 0 Å². The number of aromatic nitrogens is 3. The molecule has 0 saturated heterocycles. The average Bonchev–Trinajstić information content (AvgIpc) is 3.65. The number of hydrogen-bond acceptors (Lipinski definition) is 7. The normalized spacial score (nSPS) is 35.5. The molecule has 0 radical (unpaired) electrons. The first-order chi connectivity index (χ1) is 25.7. The van der Waals surface area contributed by atoms with Crippen molar-refractivity contribution in [3.8, 4) is 11.4 Å². The van der Waals surface area contributed by atoms with Crippen molar-refractivity contribution in [1.29, 1.82) is 0 Å². The predicted molar refractivity (Wildman–Crippen MR) is 214 cm³/mol. The minimum Gasteiger partial charge on any atom is -0.481 e. The highest BCUT2D eigenvalue weighted by Crippen LogP contribution is 2.76. The van der Waals surface area contributed by atoms with Crippen LogP contribution >= 0.6 is 11.6 Å². The van der Waals surface area contributed by atoms with Gasteiger partial charge >= 0.3 is 11.9 Å². The highest BCUT2D eigenvalue weighted by molar-refractivity contribution is 6.30. The van der Waals surface area contributed by atoms with Gasteiger partial charge in [-0.15, -0.1) is 10.2 Å². The molecule has 7 rings (SSSR count). The summed E-state index contributed by atoms with van der Waals surface area (Å²) in [4.78, 5) is 39.3. The van der Waals surface area contributed by atoms with Gasteiger partial charge in [0.2, 0.25) is 0 Å². The van der Waals surface area contributed by atoms with Gasteiger partial charge in [0.05, 0.1) is 17.3 Å². The second kappa shape index (κ2) is 13.5. The number of carbonyl (C=O) groups is 3. The van der Waals surface area contributed by atoms with Crippen molar-refractivity contribution >= 4 is 29.3 Å². The zero-order valence-electron chi connectivity index (χ0n) is 34.6. The van der Waals surface area contributed by atoms with E-state index in [1.165, 1.54) is 5.57 Å². The molecule has 1 aromatic carbocycles. The number of ketones is 1. The molecule has 300 valence electrons. The van der Waals surface area contributed by atoms with Crippen LogP contribution in [0.3, 0.4) is 0 Å². The molecule has 0 bridgehead atoms. The van der Waals surface area contributed by atoms with Crippen LogP contribution < -0.4 is 5.73 Å². The third kappa shape index (κ3) is 5.89. The maximum atomic E-state index is 14.4. The molecule has 0 unspecified atom stereocenters. The van der Waals surface area contributed by atoms with Crippen molar-refractivity contribution in [3.05, 3.63) is 46.3 Å². The third-order valence-electron chi connectivity index (χ3n) is 16.4. The number of carboxylic acid groups (broad SMARTS) is 1. The van der Waals surface area contributed by atoms with Gasteiger partial charge in [-0.1, -0.05) is 60.1 Å². The van der Waals surface area contributed by atoms with E-state index >= 15 is 0 Å². The first kappa shape index (κ1) is 40.2. The van der Waals surface area contributed by atoms with E-state index in [2.05, 4.69) is 53.0 Å². The largest absolute Gasteiger partial charge is 0.481 e. The van der Waals surface area contributed by atoms with Crippen LogP contribution in [0, 0.1) is 50.7 Å². The Morgan fingerprint density at radius 3 is 2.29 bits per heavy atom. The molecular formula is C45H63ClN4O5. The van der Waals surface area contributed by atoms with E-state index in [-0.39, 0.29) is 51.8 Å². The van der Waals surface area contributed by atoms with Gasteiger partial charge < -0.3 is 20.1 Å². The lowest BCUT2D eigenvalue weighted by Gasteiger charge is -2.72. The van der Waals surface area contributed by atoms with Crippen LogP contribution in [0.1, 0.15) is 132 Å². The first-order valence-corrected chi connectivity index (χ1v) is 21.2. The zero-order chi connectivity index (χ0) is 40.1. The quantitative estimate of drug-likeness (QED) is 0.241. The molecule has 9 nitrogen and oxygen atoms in total. The Hall–Kier alpha value is -3.04. The number of nitrogens with two attached hydrogens (primary N) is 1. The van der Waals surface area contributed by atoms with E-state index in [0.29, 0.717) is 36.4 Å². The molecule has 1 heterocycles. The number of ether oxygens (including phenoxy) is 1. The molecule has 5 aliphatic rings. The fraction of sp³-hybridized carbons (Fsp3) is 0.711. The summed E-state index contributed by atoms with van der Waals surface area (Å²) in [7, 11) is 0. The summed E-state index contributed by atoms with van der Waals surface area (Å²) in [5.74, 6) is 1.68. The van der Waals surface area contributed by atoms with Crippen LogP contribution in [0.4, 0.5) is 0 Å². The number of carbonyl (C=O) groups excluding carboxylic acids is 2. The molecule has 2 aromatic rings. The van der Waals surface area contributed by atoms with Gasteiger partial charge in [-0.2, -0.15) is 0 Å². The van der Waals surface area contributed by atoms with E-state index in [1.807, 2.05) is 24.3 Å². The number of Topliss-reactive ketones (excluding diaryl/α,β-unsaturated/α-hetero) is 1. The highest BCUT2D eigenvalue weighted by atomic mass is 35.5. The number of halogens is 1. The van der Waals surface area contributed by atoms with Crippen LogP contribution in [0.2, 0.25) is 5.02 Å². The summed E-state index contributed by atoms with van der Waals surface area (Å²) in [6.07, 6.45) is 7.88. The molecule has 8 atom stereocenters. The number of fused-ring (bicyclic) bond motifs is 7. The van der Waals surface area contributed by atoms with Crippen LogP contribution in [0.15, 0.2) is 35.4 Å². The Morgan fingerprint density at radius 1 is 0.964 bits per heavy atom. The molecule has 4 fully saturated rings. The first-order valence-electron chi connectivity index (χ1n) is 20.8. The van der Waals surface area contributed by atoms with E-state index < -0.39 is 22.8 Å². The third-order valence-corrected chi connectivity index (χ3v) is 16.7. The molecule has 0 amide bonds. The Balaban J connectivity index is 1.24. The predicted octanol–water partition coefficient (Wildman–Crippen LogP) is 9.20. The fourth-order valence-corrected chi connectivity index (χ4v) is 13.7. The summed E-state index contributed by atoms with van der Waals surface area (Å²) < 4.78 is 8.39. The number of carboxylic acids is 1. The molecule has 3 N–H and O–H groups in total. The molecule has 10 heteroatoms. The number of allylic oxidation sites excluding steroid dienone is 2. The van der Waals surface area contributed by atoms with Gasteiger partial charge in [-0.3, -0.25) is 14.4 Å². The molecule has 1 aromatic heterocycles. The second-order valence-corrected chi connectivity index (χ2v) is 20.7. The maximum Gasteiger partial charge on any atom is 0.309 e. The Labute approximate surface area is 332 Å². The van der Waals surface area contributed by atoms with Crippen molar-refractivity contribution in [2.45, 2.75) is 145 Å². The van der Waals surface area contributed by atoms with Gasteiger partial charge in [0, 0.05) is 35.5 Å². The standard InChI is InChI=1S/C45H63ClN4O5/c1-26(2)35-30(51)24-45(38-49-48-37(50(38)23-22-47)27-10-12-28(46)13-11-27)21-20-43(8)29(36(35)45)14-15-32-42(7)18-17-33(55-34(52)25-40(3,4)39(53)54)41(5,6)31(42)16-19-44(32,43)9/h10-13,26,29,31-33H,14-25,47H2,1-9H3,(H,53,54)/t29-,31+,32-,33+,42+,43-,44-,45-/m1/s1. The van der Waals surface area contributed by atoms with Gasteiger partial charge in [0.15, 0.2) is 11.6 Å². The Morgan fingerprint density at radius 2 is 1.65 bits per heavy atom. The van der Waals surface area contributed by atoms with E-state index in [1.54, 1.807) is 13.8 Å². The summed E-state index contributed by atoms with van der Waals surface area (Å²) in [5, 5.41) is 20.1. The fourth-order valence-electron chi connectivity index (χ4n) is 13.5. The summed E-state index contributed by atoms with van der Waals surface area (Å²) in [6.45, 7) is 20.7. The zero-order valence-corrected chi connectivity index (χ0v) is 35.3. The lowest BCUT2D eigenvalue weighted by Crippen LogP contribution is -2.66. The maximum absolute atomic E-state index is 14.4. The smallest absolute Gasteiger partial charge is 0.309 e. The average molecular weight is 775 g/mol. The molecular weight excluding hydrogens is 712 g/mol. The number of nitrogens with zero attached hydrogens (tertiary/aromatic N) is 3. The van der Waals surface area contributed by atoms with E-state index in [4.69, 9.17) is 32.3 Å². The van der Waals surface area contributed by atoms with Crippen LogP contribution in [-0.4, -0.2) is 50.2 Å². The minimum absolute atomic E-state index is 0.0267. The number of rotatable bonds is 9. The monoisotopic (exact) mass is 774 g/mol. The van der Waals surface area contributed by atoms with Crippen molar-refractivity contribution in [2.75, 3.05) is 6.54 Å². The van der Waals surface area contributed by atoms with E-state index in [9.17, 15) is 19.5 Å². The SMILES string of the molecule is CC(C)C1=C2[C@H]3CC[C@@H]4[C@@]5(C)CC[C@H](OC(=O)CC(C)(C)C(=O)O)C(C)(C)[C@@H]5CC[C@@]4(C)[C@]3(C)CC[C@@]2(c2nnc(-c3ccc(Cl)cc3)n2CCN)CC1=O. The highest BCUT2D eigenvalue weighted by Gasteiger charge is 2.71. The molecule has 4 saturated carbocycles. The van der Waals surface area contributed by atoms with Crippen molar-refractivity contribution in [1.82, 2.24) is 14.8 Å². The molecule has 0 aliphatic heterocycles. The molecule has 0 spiro atoms. The van der Waals surface area contributed by atoms with E-state index in [0.717, 1.165) is 74.2 Å². The lowest BCUT2D eigenvalue weighted by molar-refractivity contribution is -0.232. The number of aliphatic carboxylic acids is 1. The van der Waals surface area contributed by atoms with Gasteiger partial charge in [-0.05, 0) is 141 Å². The van der Waals surface area contributed by atoms with Gasteiger partial charge in [0.1, 0.15) is 11.9 Å². The Kier molecular flexibility index (Phi) is 9.88. The second-order valence-electron chi connectivity index (χ2n) is 20.3. The van der Waals surface area contributed by atoms with Crippen LogP contribution in [0.5, 0.6) is 0 Å². The number of hydrogen-bond donors (Lipinski definition) is 2. The molecule has 5 aliphatic carbocycles. The lowest BCUT2D eigenvalue weighted by atomic mass is 9.33. The topological polar surface area (TPSA) is 137 Å². The Bertz CT molecular complexity index is 1910. The molecule has 55 heavy (non-hydrogen) atoms. The minimum atomic E-state index is -1.17.